The van der Waals surface area contributed by atoms with Crippen molar-refractivity contribution in [2.45, 2.75) is 69.2 Å². The van der Waals surface area contributed by atoms with E-state index in [4.69, 9.17) is 27.9 Å². The second kappa shape index (κ2) is 21.7. The van der Waals surface area contributed by atoms with Crippen LogP contribution in [0.3, 0.4) is 0 Å². The molecule has 6 atom stereocenters. The number of anilines is 2. The van der Waals surface area contributed by atoms with Gasteiger partial charge in [0.05, 0.1) is 51.8 Å². The molecule has 394 valence electrons. The van der Waals surface area contributed by atoms with Crippen molar-refractivity contribution in [3.05, 3.63) is 161 Å². The molecule has 2 saturated heterocycles. The van der Waals surface area contributed by atoms with Crippen molar-refractivity contribution < 1.29 is 51.0 Å². The molecule has 24 heteroatoms. The van der Waals surface area contributed by atoms with Crippen LogP contribution in [-0.2, 0) is 39.1 Å². The third-order valence-corrected chi connectivity index (χ3v) is 14.2. The molecule has 2 amide bonds. The van der Waals surface area contributed by atoms with Gasteiger partial charge in [-0.05, 0) is 53.1 Å². The van der Waals surface area contributed by atoms with Crippen LogP contribution in [0.25, 0.3) is 22.3 Å². The first-order valence-corrected chi connectivity index (χ1v) is 25.6. The summed E-state index contributed by atoms with van der Waals surface area (Å²) in [5, 5.41) is 16.6. The smallest absolute Gasteiger partial charge is 0.336 e. The van der Waals surface area contributed by atoms with Crippen LogP contribution in [0.5, 0.6) is 11.5 Å². The molecule has 5 N–H and O–H groups in total. The molecule has 0 bridgehead atoms. The van der Waals surface area contributed by atoms with Crippen molar-refractivity contribution in [3.8, 4) is 11.5 Å². The average molecular weight is 1060 g/mol. The molecule has 8 aromatic rings. The first kappa shape index (κ1) is 51.5. The minimum absolute atomic E-state index is 0.0278. The largest absolute Gasteiger partial charge is 0.497 e. The van der Waals surface area contributed by atoms with E-state index in [1.54, 1.807) is 63.0 Å². The SMILES string of the molecule is COc1ccc(C(OC[C@@H]2C[C@@H](OS(=O)(=O)NC[C@H]3O[C@@H](n4cnc5c(NC(=O)c6ccccc6)ncnc54)C[C@@H]3O)[C@H](n3cnc4c(=O)[nH]c(NC(=O)C(C)C)nc43)O2)(c2ccccc2)c2ccc(OC)cc2)cc1. The first-order chi connectivity index (χ1) is 36.7. The van der Waals surface area contributed by atoms with E-state index in [2.05, 4.69) is 45.3 Å². The van der Waals surface area contributed by atoms with Crippen LogP contribution >= 0.6 is 0 Å². The Morgan fingerprint density at radius 1 is 0.789 bits per heavy atom. The van der Waals surface area contributed by atoms with Crippen molar-refractivity contribution in [3.63, 3.8) is 0 Å². The summed E-state index contributed by atoms with van der Waals surface area (Å²) in [4.78, 5) is 63.4. The molecule has 0 saturated carbocycles. The Balaban J connectivity index is 0.918. The number of amides is 2. The number of benzene rings is 4. The van der Waals surface area contributed by atoms with E-state index in [1.807, 2.05) is 78.9 Å². The molecule has 23 nitrogen and oxygen atoms in total. The number of hydrogen-bond acceptors (Lipinski definition) is 17. The predicted octanol–water partition coefficient (Wildman–Crippen LogP) is 4.99. The highest BCUT2D eigenvalue weighted by Crippen LogP contribution is 2.43. The summed E-state index contributed by atoms with van der Waals surface area (Å²) in [6.45, 7) is 2.80. The van der Waals surface area contributed by atoms with Gasteiger partial charge in [-0.15, -0.1) is 0 Å². The lowest BCUT2D eigenvalue weighted by Gasteiger charge is -2.37. The van der Waals surface area contributed by atoms with Gasteiger partial charge in [-0.2, -0.15) is 18.1 Å². The van der Waals surface area contributed by atoms with Gasteiger partial charge in [0.25, 0.3) is 11.5 Å². The molecule has 0 spiro atoms. The molecule has 6 heterocycles. The van der Waals surface area contributed by atoms with E-state index in [1.165, 1.54) is 23.5 Å². The maximum Gasteiger partial charge on any atom is 0.336 e. The lowest BCUT2D eigenvalue weighted by atomic mass is 9.80. The van der Waals surface area contributed by atoms with Gasteiger partial charge < -0.3 is 34.1 Å². The summed E-state index contributed by atoms with van der Waals surface area (Å²) in [5.41, 5.74) is 1.16. The molecule has 0 unspecified atom stereocenters. The van der Waals surface area contributed by atoms with Crippen molar-refractivity contribution >= 4 is 56.2 Å². The lowest BCUT2D eigenvalue weighted by molar-refractivity contribution is -0.118. The van der Waals surface area contributed by atoms with Crippen LogP contribution in [0, 0.1) is 5.92 Å². The fraction of sp³-hybridized carbons (Fsp3) is 0.308. The Morgan fingerprint density at radius 3 is 2.08 bits per heavy atom. The Bertz CT molecular complexity index is 3480. The van der Waals surface area contributed by atoms with Gasteiger partial charge in [-0.3, -0.25) is 33.8 Å². The van der Waals surface area contributed by atoms with Crippen molar-refractivity contribution in [2.75, 3.05) is 38.0 Å². The van der Waals surface area contributed by atoms with Crippen LogP contribution in [-0.4, -0.2) is 116 Å². The molecule has 2 fully saturated rings. The molecule has 76 heavy (non-hydrogen) atoms. The predicted molar refractivity (Wildman–Crippen MR) is 274 cm³/mol. The number of ether oxygens (including phenoxy) is 5. The number of hydrogen-bond donors (Lipinski definition) is 5. The van der Waals surface area contributed by atoms with Gasteiger partial charge >= 0.3 is 10.3 Å². The number of methoxy groups -OCH3 is 2. The van der Waals surface area contributed by atoms with Crippen molar-refractivity contribution in [1.82, 2.24) is 43.8 Å². The number of imidazole rings is 2. The molecule has 10 rings (SSSR count). The Labute approximate surface area is 434 Å². The van der Waals surface area contributed by atoms with Crippen molar-refractivity contribution in [2.24, 2.45) is 5.92 Å². The summed E-state index contributed by atoms with van der Waals surface area (Å²) < 4.78 is 70.6. The number of nitrogens with zero attached hydrogens (tertiary/aromatic N) is 7. The highest BCUT2D eigenvalue weighted by Gasteiger charge is 2.45. The van der Waals surface area contributed by atoms with Gasteiger partial charge in [0.2, 0.25) is 11.9 Å². The van der Waals surface area contributed by atoms with Gasteiger partial charge in [-0.1, -0.05) is 86.6 Å². The topological polar surface area (TPSA) is 287 Å². The van der Waals surface area contributed by atoms with Crippen LogP contribution in [0.2, 0.25) is 0 Å². The van der Waals surface area contributed by atoms with E-state index in [-0.39, 0.29) is 47.9 Å². The van der Waals surface area contributed by atoms with E-state index < -0.39 is 82.6 Å². The number of nitrogens with one attached hydrogen (secondary N) is 4. The number of H-pyrrole nitrogens is 1. The summed E-state index contributed by atoms with van der Waals surface area (Å²) >= 11 is 0. The van der Waals surface area contributed by atoms with Gasteiger partial charge in [-0.25, -0.2) is 24.1 Å². The molecular weight excluding hydrogens is 1000 g/mol. The number of carbonyl (C=O) groups excluding carboxylic acids is 2. The van der Waals surface area contributed by atoms with Gasteiger partial charge in [0.1, 0.15) is 35.8 Å². The monoisotopic (exact) mass is 1060 g/mol. The zero-order valence-electron chi connectivity index (χ0n) is 41.5. The highest BCUT2D eigenvalue weighted by molar-refractivity contribution is 7.84. The Kier molecular flexibility index (Phi) is 14.7. The minimum Gasteiger partial charge on any atom is -0.497 e. The molecule has 2 aliphatic rings. The number of aliphatic hydroxyl groups is 1. The second-order valence-corrected chi connectivity index (χ2v) is 19.7. The van der Waals surface area contributed by atoms with Crippen LogP contribution in [0.15, 0.2) is 133 Å². The number of aromatic nitrogens is 8. The molecule has 0 aliphatic carbocycles. The maximum atomic E-state index is 14.1. The number of aliphatic hydroxyl groups excluding tert-OH is 1. The molecule has 2 aliphatic heterocycles. The van der Waals surface area contributed by atoms with E-state index in [0.717, 1.165) is 16.7 Å². The standard InChI is InChI=1S/C52H53N11O12S/c1-30(2)47(65)60-51-59-46-43(49(67)61-51)56-29-63(46)50-39(23-37(73-50)26-72-52(32-13-9-6-10-14-32,33-15-19-35(70-3)20-16-33)34-17-21-36(71-4)22-18-34)75-76(68,69)57-25-40-38(64)24-41(74-40)62-28-55-42-44(53-27-54-45(42)62)58-48(66)31-11-7-5-8-12-31/h5-22,27-30,37-41,50,57,64H,23-26H2,1-4H3,(H,53,54,58,66)(H2,59,60,61,65,67)/t37-,38-,39+,40+,41+,50+/m0/s1. The quantitative estimate of drug-likeness (QED) is 0.0667. The lowest BCUT2D eigenvalue weighted by Crippen LogP contribution is -2.40. The molecule has 0 radical (unpaired) electrons. The summed E-state index contributed by atoms with van der Waals surface area (Å²) in [6.07, 6.45) is -2.58. The average Bonchev–Trinajstić information content (AvgIpc) is 4.26. The zero-order chi connectivity index (χ0) is 53.1. The van der Waals surface area contributed by atoms with E-state index in [0.29, 0.717) is 22.7 Å². The maximum absolute atomic E-state index is 14.1. The van der Waals surface area contributed by atoms with E-state index in [9.17, 15) is 27.9 Å². The number of aromatic amines is 1. The first-order valence-electron chi connectivity index (χ1n) is 24.2. The number of rotatable bonds is 19. The fourth-order valence-electron chi connectivity index (χ4n) is 9.25. The second-order valence-electron chi connectivity index (χ2n) is 18.3. The molecule has 4 aromatic carbocycles. The van der Waals surface area contributed by atoms with E-state index >= 15 is 0 Å². The van der Waals surface area contributed by atoms with Crippen molar-refractivity contribution in [1.29, 1.82) is 0 Å². The minimum atomic E-state index is -4.69. The third kappa shape index (κ3) is 10.5. The molecule has 4 aromatic heterocycles. The normalized spacial score (nSPS) is 19.8. The molecular formula is C52H53N11O12S. The highest BCUT2D eigenvalue weighted by atomic mass is 32.2. The zero-order valence-corrected chi connectivity index (χ0v) is 42.3. The Morgan fingerprint density at radius 2 is 1.42 bits per heavy atom. The fourth-order valence-corrected chi connectivity index (χ4v) is 10.2. The van der Waals surface area contributed by atoms with Gasteiger partial charge in [0, 0.05) is 30.9 Å². The van der Waals surface area contributed by atoms with Gasteiger partial charge in [0.15, 0.2) is 34.4 Å². The van der Waals surface area contributed by atoms with Crippen LogP contribution < -0.4 is 30.4 Å². The van der Waals surface area contributed by atoms with Crippen LogP contribution in [0.4, 0.5) is 11.8 Å². The number of carbonyl (C=O) groups is 2. The Hall–Kier alpha value is -7.97. The summed E-state index contributed by atoms with van der Waals surface area (Å²) in [5.74, 6) is -0.00461. The number of fused-ring (bicyclic) bond motifs is 2. The summed E-state index contributed by atoms with van der Waals surface area (Å²) in [6, 6.07) is 33.1. The van der Waals surface area contributed by atoms with Crippen LogP contribution in [0.1, 0.15) is 66.2 Å². The summed E-state index contributed by atoms with van der Waals surface area (Å²) in [7, 11) is -1.54. The third-order valence-electron chi connectivity index (χ3n) is 13.1.